The summed E-state index contributed by atoms with van der Waals surface area (Å²) in [6.45, 7) is 0. The van der Waals surface area contributed by atoms with Crippen molar-refractivity contribution in [2.45, 2.75) is 9.92 Å². The standard InChI is InChI=1S/C14H9Cl2N5S/c15-11-7-20-14(13(17)21-11)22-10-3-1-2-8(12(10)16)9-6-18-4-5-19-9/h1-7H,(H2,17,21). The van der Waals surface area contributed by atoms with Gasteiger partial charge >= 0.3 is 0 Å². The molecule has 0 aliphatic heterocycles. The van der Waals surface area contributed by atoms with E-state index in [9.17, 15) is 0 Å². The highest BCUT2D eigenvalue weighted by molar-refractivity contribution is 7.99. The van der Waals surface area contributed by atoms with E-state index < -0.39 is 0 Å². The highest BCUT2D eigenvalue weighted by Gasteiger charge is 2.13. The van der Waals surface area contributed by atoms with Crippen molar-refractivity contribution < 1.29 is 0 Å². The molecule has 0 spiro atoms. The number of hydrogen-bond acceptors (Lipinski definition) is 6. The highest BCUT2D eigenvalue weighted by atomic mass is 35.5. The second-order valence-corrected chi connectivity index (χ2v) is 5.99. The zero-order valence-electron chi connectivity index (χ0n) is 11.1. The number of aromatic nitrogens is 4. The second-order valence-electron chi connectivity index (χ2n) is 4.19. The van der Waals surface area contributed by atoms with Crippen LogP contribution in [0.15, 0.2) is 52.9 Å². The number of rotatable bonds is 3. The number of nitrogen functional groups attached to an aromatic ring is 1. The molecule has 1 aromatic carbocycles. The maximum atomic E-state index is 6.47. The van der Waals surface area contributed by atoms with Crippen LogP contribution in [0.1, 0.15) is 0 Å². The van der Waals surface area contributed by atoms with Gasteiger partial charge in [0.1, 0.15) is 10.2 Å². The first-order chi connectivity index (χ1) is 10.6. The molecule has 2 heterocycles. The minimum atomic E-state index is 0.251. The van der Waals surface area contributed by atoms with Gasteiger partial charge in [-0.15, -0.1) is 0 Å². The molecule has 22 heavy (non-hydrogen) atoms. The van der Waals surface area contributed by atoms with E-state index in [1.165, 1.54) is 18.0 Å². The van der Waals surface area contributed by atoms with Crippen molar-refractivity contribution in [3.8, 4) is 11.3 Å². The number of benzene rings is 1. The van der Waals surface area contributed by atoms with Gasteiger partial charge < -0.3 is 5.73 Å². The van der Waals surface area contributed by atoms with Crippen LogP contribution >= 0.6 is 35.0 Å². The first kappa shape index (κ1) is 15.0. The minimum absolute atomic E-state index is 0.251. The van der Waals surface area contributed by atoms with Gasteiger partial charge in [-0.1, -0.05) is 47.1 Å². The van der Waals surface area contributed by atoms with Gasteiger partial charge in [0, 0.05) is 22.9 Å². The Morgan fingerprint density at radius 2 is 1.91 bits per heavy atom. The Hall–Kier alpha value is -1.89. The Balaban J connectivity index is 1.99. The third kappa shape index (κ3) is 3.14. The number of nitrogens with two attached hydrogens (primary N) is 1. The van der Waals surface area contributed by atoms with Gasteiger partial charge in [-0.25, -0.2) is 9.97 Å². The predicted molar refractivity (Wildman–Crippen MR) is 88.1 cm³/mol. The normalized spacial score (nSPS) is 10.6. The van der Waals surface area contributed by atoms with E-state index in [0.29, 0.717) is 15.7 Å². The lowest BCUT2D eigenvalue weighted by Crippen LogP contribution is -1.96. The summed E-state index contributed by atoms with van der Waals surface area (Å²) in [6.07, 6.45) is 6.33. The van der Waals surface area contributed by atoms with Gasteiger partial charge in [0.05, 0.1) is 23.1 Å². The Bertz CT molecular complexity index is 814. The van der Waals surface area contributed by atoms with E-state index >= 15 is 0 Å². The largest absolute Gasteiger partial charge is 0.381 e. The van der Waals surface area contributed by atoms with Crippen LogP contribution in [0, 0.1) is 0 Å². The van der Waals surface area contributed by atoms with E-state index in [1.54, 1.807) is 18.6 Å². The third-order valence-electron chi connectivity index (χ3n) is 2.74. The highest BCUT2D eigenvalue weighted by Crippen LogP contribution is 2.39. The molecule has 0 aliphatic carbocycles. The molecule has 2 N–H and O–H groups in total. The molecule has 8 heteroatoms. The SMILES string of the molecule is Nc1nc(Cl)cnc1Sc1cccc(-c2cnccn2)c1Cl. The molecule has 0 saturated heterocycles. The first-order valence-electron chi connectivity index (χ1n) is 6.16. The van der Waals surface area contributed by atoms with Crippen LogP contribution in [0.25, 0.3) is 11.3 Å². The average Bonchev–Trinajstić information content (AvgIpc) is 2.53. The summed E-state index contributed by atoms with van der Waals surface area (Å²) < 4.78 is 0. The second kappa shape index (κ2) is 6.48. The summed E-state index contributed by atoms with van der Waals surface area (Å²) in [4.78, 5) is 17.3. The van der Waals surface area contributed by atoms with E-state index in [4.69, 9.17) is 28.9 Å². The molecule has 0 amide bonds. The quantitative estimate of drug-likeness (QED) is 0.770. The fourth-order valence-electron chi connectivity index (χ4n) is 1.78. The lowest BCUT2D eigenvalue weighted by molar-refractivity contribution is 1.07. The molecule has 0 saturated carbocycles. The molecule has 110 valence electrons. The van der Waals surface area contributed by atoms with Crippen LogP contribution < -0.4 is 5.73 Å². The summed E-state index contributed by atoms with van der Waals surface area (Å²) in [5, 5.41) is 1.35. The molecule has 3 aromatic rings. The van der Waals surface area contributed by atoms with E-state index in [1.807, 2.05) is 18.2 Å². The maximum Gasteiger partial charge on any atom is 0.158 e. The summed E-state index contributed by atoms with van der Waals surface area (Å²) in [5.74, 6) is 0.262. The monoisotopic (exact) mass is 349 g/mol. The number of hydrogen-bond donors (Lipinski definition) is 1. The average molecular weight is 350 g/mol. The van der Waals surface area contributed by atoms with Crippen LogP contribution in [-0.4, -0.2) is 19.9 Å². The molecule has 0 aliphatic rings. The zero-order chi connectivity index (χ0) is 15.5. The van der Waals surface area contributed by atoms with Gasteiger partial charge in [0.15, 0.2) is 5.82 Å². The van der Waals surface area contributed by atoms with Crippen molar-refractivity contribution in [2.24, 2.45) is 0 Å². The topological polar surface area (TPSA) is 77.6 Å². The summed E-state index contributed by atoms with van der Waals surface area (Å²) in [5.41, 5.74) is 7.32. The Kier molecular flexibility index (Phi) is 4.42. The van der Waals surface area contributed by atoms with Crippen molar-refractivity contribution in [3.63, 3.8) is 0 Å². The van der Waals surface area contributed by atoms with Crippen molar-refractivity contribution >= 4 is 40.8 Å². The molecule has 0 bridgehead atoms. The van der Waals surface area contributed by atoms with E-state index in [0.717, 1.165) is 10.5 Å². The number of halogens is 2. The minimum Gasteiger partial charge on any atom is -0.381 e. The maximum absolute atomic E-state index is 6.47. The van der Waals surface area contributed by atoms with Crippen LogP contribution in [0.5, 0.6) is 0 Å². The van der Waals surface area contributed by atoms with Crippen molar-refractivity contribution in [2.75, 3.05) is 5.73 Å². The molecule has 0 atom stereocenters. The summed E-state index contributed by atoms with van der Waals surface area (Å²) in [6, 6.07) is 5.65. The Morgan fingerprint density at radius 3 is 2.64 bits per heavy atom. The third-order valence-corrected chi connectivity index (χ3v) is 4.51. The number of nitrogens with zero attached hydrogens (tertiary/aromatic N) is 4. The van der Waals surface area contributed by atoms with Gasteiger partial charge in [-0.3, -0.25) is 9.97 Å². The summed E-state index contributed by atoms with van der Waals surface area (Å²) in [7, 11) is 0. The Morgan fingerprint density at radius 1 is 1.05 bits per heavy atom. The predicted octanol–water partition coefficient (Wildman–Crippen LogP) is 3.97. The van der Waals surface area contributed by atoms with Crippen LogP contribution in [-0.2, 0) is 0 Å². The molecular formula is C14H9Cl2N5S. The van der Waals surface area contributed by atoms with Crippen LogP contribution in [0.2, 0.25) is 10.2 Å². The van der Waals surface area contributed by atoms with Crippen LogP contribution in [0.4, 0.5) is 5.82 Å². The van der Waals surface area contributed by atoms with E-state index in [-0.39, 0.29) is 11.0 Å². The Labute approximate surface area is 140 Å². The van der Waals surface area contributed by atoms with Crippen molar-refractivity contribution in [1.29, 1.82) is 0 Å². The molecule has 5 nitrogen and oxygen atoms in total. The van der Waals surface area contributed by atoms with Gasteiger partial charge in [0.2, 0.25) is 0 Å². The van der Waals surface area contributed by atoms with Gasteiger partial charge in [-0.05, 0) is 6.07 Å². The molecule has 0 fully saturated rings. The fourth-order valence-corrected chi connectivity index (χ4v) is 3.07. The molecule has 2 aromatic heterocycles. The lowest BCUT2D eigenvalue weighted by Gasteiger charge is -2.09. The molecule has 3 rings (SSSR count). The fraction of sp³-hybridized carbons (Fsp3) is 0. The van der Waals surface area contributed by atoms with Crippen molar-refractivity contribution in [3.05, 3.63) is 53.2 Å². The smallest absolute Gasteiger partial charge is 0.158 e. The van der Waals surface area contributed by atoms with Gasteiger partial charge in [0.25, 0.3) is 0 Å². The van der Waals surface area contributed by atoms with Gasteiger partial charge in [-0.2, -0.15) is 0 Å². The molecular weight excluding hydrogens is 341 g/mol. The lowest BCUT2D eigenvalue weighted by atomic mass is 10.1. The molecule has 0 unspecified atom stereocenters. The van der Waals surface area contributed by atoms with Crippen LogP contribution in [0.3, 0.4) is 0 Å². The number of anilines is 1. The first-order valence-corrected chi connectivity index (χ1v) is 7.73. The van der Waals surface area contributed by atoms with Crippen molar-refractivity contribution in [1.82, 2.24) is 19.9 Å². The summed E-state index contributed by atoms with van der Waals surface area (Å²) >= 11 is 13.5. The molecule has 0 radical (unpaired) electrons. The van der Waals surface area contributed by atoms with E-state index in [2.05, 4.69) is 19.9 Å². The zero-order valence-corrected chi connectivity index (χ0v) is 13.4.